The van der Waals surface area contributed by atoms with Gasteiger partial charge in [-0.3, -0.25) is 9.36 Å². The minimum atomic E-state index is -0.115. The molecule has 0 atom stereocenters. The highest BCUT2D eigenvalue weighted by Crippen LogP contribution is 2.33. The van der Waals surface area contributed by atoms with Crippen molar-refractivity contribution < 1.29 is 4.42 Å². The van der Waals surface area contributed by atoms with Crippen molar-refractivity contribution in [3.8, 4) is 5.69 Å². The Labute approximate surface area is 152 Å². The lowest BCUT2D eigenvalue weighted by atomic mass is 10.2. The van der Waals surface area contributed by atoms with Crippen molar-refractivity contribution in [1.82, 2.24) is 9.13 Å². The number of hydrogen-bond acceptors (Lipinski definition) is 3. The summed E-state index contributed by atoms with van der Waals surface area (Å²) in [6.45, 7) is 0.344. The maximum absolute atomic E-state index is 12.3. The molecule has 0 aliphatic carbocycles. The Bertz CT molecular complexity index is 1100. The molecule has 7 heteroatoms. The summed E-state index contributed by atoms with van der Waals surface area (Å²) < 4.78 is 8.85. The fourth-order valence-corrected chi connectivity index (χ4v) is 3.60. The van der Waals surface area contributed by atoms with Gasteiger partial charge in [0.05, 0.1) is 39.6 Å². The lowest BCUT2D eigenvalue weighted by Crippen LogP contribution is -2.19. The van der Waals surface area contributed by atoms with Crippen LogP contribution in [-0.2, 0) is 6.54 Å². The van der Waals surface area contributed by atoms with Crippen LogP contribution in [0.1, 0.15) is 5.76 Å². The van der Waals surface area contributed by atoms with E-state index in [4.69, 9.17) is 33.4 Å². The van der Waals surface area contributed by atoms with Gasteiger partial charge in [0.1, 0.15) is 5.76 Å². The van der Waals surface area contributed by atoms with Gasteiger partial charge >= 0.3 is 0 Å². The van der Waals surface area contributed by atoms with Gasteiger partial charge in [0.2, 0.25) is 0 Å². The van der Waals surface area contributed by atoms with Crippen LogP contribution in [0.5, 0.6) is 0 Å². The van der Waals surface area contributed by atoms with Crippen molar-refractivity contribution in [1.29, 1.82) is 0 Å². The number of pyridine rings is 1. The third-order valence-corrected chi connectivity index (χ3v) is 4.59. The molecule has 4 aromatic rings. The first kappa shape index (κ1) is 15.9. The van der Waals surface area contributed by atoms with Crippen molar-refractivity contribution in [3.05, 3.63) is 81.1 Å². The third kappa shape index (κ3) is 2.71. The Balaban J connectivity index is 1.93. The molecule has 0 saturated carbocycles. The van der Waals surface area contributed by atoms with Gasteiger partial charge in [0, 0.05) is 18.0 Å². The summed E-state index contributed by atoms with van der Waals surface area (Å²) in [6.07, 6.45) is 3.41. The Morgan fingerprint density at radius 3 is 2.48 bits per heavy atom. The molecule has 0 spiro atoms. The SMILES string of the molecule is Nc1cc(Cl)c(-n2ccc3c2ccc(=O)n3Cc2ccco2)c(Cl)c1. The van der Waals surface area contributed by atoms with E-state index in [-0.39, 0.29) is 5.56 Å². The predicted octanol–water partition coefficient (Wildman–Crippen LogP) is 4.32. The van der Waals surface area contributed by atoms with E-state index in [2.05, 4.69) is 0 Å². The first-order valence-corrected chi connectivity index (χ1v) is 8.28. The van der Waals surface area contributed by atoms with Crippen LogP contribution in [0.2, 0.25) is 10.0 Å². The van der Waals surface area contributed by atoms with Crippen molar-refractivity contribution >= 4 is 39.9 Å². The summed E-state index contributed by atoms with van der Waals surface area (Å²) in [7, 11) is 0. The van der Waals surface area contributed by atoms with Crippen LogP contribution < -0.4 is 11.3 Å². The molecular weight excluding hydrogens is 361 g/mol. The van der Waals surface area contributed by atoms with Gasteiger partial charge in [0.25, 0.3) is 5.56 Å². The standard InChI is InChI=1S/C18H13Cl2N3O2/c19-13-8-11(21)9-14(20)18(13)22-6-5-16-15(22)3-4-17(24)23(16)10-12-2-1-7-25-12/h1-9H,10,21H2. The highest BCUT2D eigenvalue weighted by molar-refractivity contribution is 6.38. The van der Waals surface area contributed by atoms with Crippen LogP contribution in [0.4, 0.5) is 5.69 Å². The molecule has 4 rings (SSSR count). The van der Waals surface area contributed by atoms with Gasteiger partial charge < -0.3 is 14.7 Å². The average molecular weight is 374 g/mol. The number of rotatable bonds is 3. The second-order valence-corrected chi connectivity index (χ2v) is 6.44. The van der Waals surface area contributed by atoms with E-state index in [1.165, 1.54) is 6.07 Å². The lowest BCUT2D eigenvalue weighted by Gasteiger charge is -2.12. The Kier molecular flexibility index (Phi) is 3.82. The van der Waals surface area contributed by atoms with E-state index < -0.39 is 0 Å². The maximum atomic E-state index is 12.3. The van der Waals surface area contributed by atoms with Crippen molar-refractivity contribution in [2.45, 2.75) is 6.54 Å². The van der Waals surface area contributed by atoms with E-state index in [0.717, 1.165) is 11.0 Å². The second kappa shape index (κ2) is 6.02. The number of nitrogens with zero attached hydrogens (tertiary/aromatic N) is 2. The monoisotopic (exact) mass is 373 g/mol. The summed E-state index contributed by atoms with van der Waals surface area (Å²) >= 11 is 12.7. The molecule has 0 bridgehead atoms. The number of furan rings is 1. The van der Waals surface area contributed by atoms with Crippen molar-refractivity contribution in [2.24, 2.45) is 0 Å². The predicted molar refractivity (Wildman–Crippen MR) is 99.8 cm³/mol. The molecule has 0 saturated heterocycles. The fraction of sp³-hybridized carbons (Fsp3) is 0.0556. The van der Waals surface area contributed by atoms with Crippen LogP contribution in [-0.4, -0.2) is 9.13 Å². The molecule has 2 N–H and O–H groups in total. The van der Waals surface area contributed by atoms with Crippen molar-refractivity contribution in [3.63, 3.8) is 0 Å². The quantitative estimate of drug-likeness (QED) is 0.543. The van der Waals surface area contributed by atoms with E-state index in [1.54, 1.807) is 35.1 Å². The van der Waals surface area contributed by atoms with Gasteiger partial charge in [-0.1, -0.05) is 23.2 Å². The minimum Gasteiger partial charge on any atom is -0.467 e. The van der Waals surface area contributed by atoms with E-state index in [9.17, 15) is 4.79 Å². The molecule has 3 aromatic heterocycles. The van der Waals surface area contributed by atoms with Crippen LogP contribution in [0.3, 0.4) is 0 Å². The second-order valence-electron chi connectivity index (χ2n) is 5.63. The zero-order valence-corrected chi connectivity index (χ0v) is 14.5. The fourth-order valence-electron chi connectivity index (χ4n) is 2.92. The van der Waals surface area contributed by atoms with Gasteiger partial charge in [-0.25, -0.2) is 0 Å². The summed E-state index contributed by atoms with van der Waals surface area (Å²) in [6, 6.07) is 12.0. The first-order valence-electron chi connectivity index (χ1n) is 7.53. The maximum Gasteiger partial charge on any atom is 0.251 e. The topological polar surface area (TPSA) is 66.1 Å². The van der Waals surface area contributed by atoms with Gasteiger partial charge in [-0.15, -0.1) is 0 Å². The minimum absolute atomic E-state index is 0.115. The number of hydrogen-bond donors (Lipinski definition) is 1. The molecule has 0 aliphatic rings. The molecule has 1 aromatic carbocycles. The number of nitrogen functional groups attached to an aromatic ring is 1. The first-order chi connectivity index (χ1) is 12.0. The van der Waals surface area contributed by atoms with Gasteiger partial charge in [0.15, 0.2) is 0 Å². The van der Waals surface area contributed by atoms with Gasteiger partial charge in [-0.05, 0) is 36.4 Å². The molecule has 0 fully saturated rings. The van der Waals surface area contributed by atoms with Crippen LogP contribution in [0.25, 0.3) is 16.7 Å². The Hall–Kier alpha value is -2.63. The summed E-state index contributed by atoms with van der Waals surface area (Å²) in [5.74, 6) is 0.700. The van der Waals surface area contributed by atoms with E-state index in [1.807, 2.05) is 22.9 Å². The number of benzene rings is 1. The van der Waals surface area contributed by atoms with Crippen LogP contribution >= 0.6 is 23.2 Å². The van der Waals surface area contributed by atoms with Crippen LogP contribution in [0, 0.1) is 0 Å². The lowest BCUT2D eigenvalue weighted by molar-refractivity contribution is 0.493. The highest BCUT2D eigenvalue weighted by atomic mass is 35.5. The van der Waals surface area contributed by atoms with Crippen LogP contribution in [0.15, 0.2) is 64.1 Å². The number of halogens is 2. The largest absolute Gasteiger partial charge is 0.467 e. The molecule has 3 heterocycles. The van der Waals surface area contributed by atoms with E-state index in [0.29, 0.717) is 33.7 Å². The molecule has 5 nitrogen and oxygen atoms in total. The Morgan fingerprint density at radius 1 is 1.04 bits per heavy atom. The molecule has 0 amide bonds. The molecule has 25 heavy (non-hydrogen) atoms. The van der Waals surface area contributed by atoms with E-state index >= 15 is 0 Å². The Morgan fingerprint density at radius 2 is 1.80 bits per heavy atom. The number of anilines is 1. The third-order valence-electron chi connectivity index (χ3n) is 4.02. The highest BCUT2D eigenvalue weighted by Gasteiger charge is 2.15. The number of aromatic nitrogens is 2. The number of nitrogens with two attached hydrogens (primary N) is 1. The zero-order valence-electron chi connectivity index (χ0n) is 12.9. The molecule has 0 unspecified atom stereocenters. The van der Waals surface area contributed by atoms with Gasteiger partial charge in [-0.2, -0.15) is 0 Å². The summed E-state index contributed by atoms with van der Waals surface area (Å²) in [5, 5.41) is 0.873. The molecule has 126 valence electrons. The normalized spacial score (nSPS) is 11.3. The smallest absolute Gasteiger partial charge is 0.251 e. The summed E-state index contributed by atoms with van der Waals surface area (Å²) in [4.78, 5) is 12.3. The zero-order chi connectivity index (χ0) is 17.6. The number of fused-ring (bicyclic) bond motifs is 1. The summed E-state index contributed by atoms with van der Waals surface area (Å²) in [5.41, 5.74) is 8.34. The van der Waals surface area contributed by atoms with Crippen molar-refractivity contribution in [2.75, 3.05) is 5.73 Å². The average Bonchev–Trinajstić information content (AvgIpc) is 3.19. The molecule has 0 radical (unpaired) electrons. The molecular formula is C18H13Cl2N3O2. The molecule has 0 aliphatic heterocycles.